The average Bonchev–Trinajstić information content (AvgIpc) is 1.81. The highest BCUT2D eigenvalue weighted by molar-refractivity contribution is 7.82. The second kappa shape index (κ2) is 4.54. The lowest BCUT2D eigenvalue weighted by molar-refractivity contribution is 0.153. The number of thiocarbonyl (C=S) groups is 2. The summed E-state index contributed by atoms with van der Waals surface area (Å²) in [7, 11) is 0. The first-order valence-electron chi connectivity index (χ1n) is 2.79. The Hall–Kier alpha value is -0.260. The molecule has 0 heterocycles. The summed E-state index contributed by atoms with van der Waals surface area (Å²) in [6.45, 7) is 2.32. The molecule has 0 aromatic heterocycles. The van der Waals surface area contributed by atoms with E-state index in [1.54, 1.807) is 0 Å². The summed E-state index contributed by atoms with van der Waals surface area (Å²) in [4.78, 5) is 0.378. The third kappa shape index (κ3) is 3.05. The van der Waals surface area contributed by atoms with E-state index in [0.29, 0.717) is 6.61 Å². The lowest BCUT2D eigenvalue weighted by Crippen LogP contribution is -2.40. The van der Waals surface area contributed by atoms with Gasteiger partial charge in [-0.1, -0.05) is 24.4 Å². The van der Waals surface area contributed by atoms with Crippen LogP contribution < -0.4 is 11.5 Å². The average molecular weight is 178 g/mol. The second-order valence-electron chi connectivity index (χ2n) is 1.64. The molecule has 10 heavy (non-hydrogen) atoms. The van der Waals surface area contributed by atoms with Crippen LogP contribution >= 0.6 is 24.4 Å². The van der Waals surface area contributed by atoms with Gasteiger partial charge in [0, 0.05) is 6.61 Å². The van der Waals surface area contributed by atoms with Crippen LogP contribution in [0.15, 0.2) is 0 Å². The van der Waals surface area contributed by atoms with Crippen molar-refractivity contribution in [3.05, 3.63) is 0 Å². The first-order chi connectivity index (χ1) is 4.59. The number of rotatable bonds is 4. The van der Waals surface area contributed by atoms with Gasteiger partial charge in [-0.3, -0.25) is 0 Å². The van der Waals surface area contributed by atoms with Crippen LogP contribution in [0.5, 0.6) is 0 Å². The maximum absolute atomic E-state index is 5.26. The molecule has 0 spiro atoms. The Labute approximate surface area is 70.7 Å². The maximum Gasteiger partial charge on any atom is 0.157 e. The molecule has 3 nitrogen and oxygen atoms in total. The highest BCUT2D eigenvalue weighted by Crippen LogP contribution is 1.92. The Balaban J connectivity index is 3.98. The van der Waals surface area contributed by atoms with Gasteiger partial charge in [0.15, 0.2) is 6.10 Å². The van der Waals surface area contributed by atoms with Gasteiger partial charge >= 0.3 is 0 Å². The van der Waals surface area contributed by atoms with Gasteiger partial charge in [-0.05, 0) is 6.92 Å². The summed E-state index contributed by atoms with van der Waals surface area (Å²) in [6.07, 6.45) is -0.546. The van der Waals surface area contributed by atoms with Gasteiger partial charge in [0.25, 0.3) is 0 Å². The Morgan fingerprint density at radius 1 is 1.40 bits per heavy atom. The SMILES string of the molecule is CCOC(C(N)=S)C(N)=S. The van der Waals surface area contributed by atoms with Crippen molar-refractivity contribution in [3.8, 4) is 0 Å². The Morgan fingerprint density at radius 3 is 1.90 bits per heavy atom. The van der Waals surface area contributed by atoms with Crippen molar-refractivity contribution >= 4 is 34.4 Å². The number of nitrogens with two attached hydrogens (primary N) is 2. The molecule has 0 aliphatic heterocycles. The largest absolute Gasteiger partial charge is 0.391 e. The summed E-state index contributed by atoms with van der Waals surface area (Å²) in [6, 6.07) is 0. The van der Waals surface area contributed by atoms with E-state index in [1.807, 2.05) is 6.92 Å². The van der Waals surface area contributed by atoms with E-state index >= 15 is 0 Å². The Morgan fingerprint density at radius 2 is 1.80 bits per heavy atom. The van der Waals surface area contributed by atoms with Crippen molar-refractivity contribution in [2.75, 3.05) is 6.61 Å². The first-order valence-corrected chi connectivity index (χ1v) is 3.61. The molecule has 0 rings (SSSR count). The summed E-state index contributed by atoms with van der Waals surface area (Å²) >= 11 is 9.29. The predicted molar refractivity (Wildman–Crippen MR) is 49.0 cm³/mol. The predicted octanol–water partition coefficient (Wildman–Crippen LogP) is -0.0363. The minimum Gasteiger partial charge on any atom is -0.391 e. The number of hydrogen-bond donors (Lipinski definition) is 2. The van der Waals surface area contributed by atoms with Gasteiger partial charge in [-0.25, -0.2) is 0 Å². The van der Waals surface area contributed by atoms with E-state index in [-0.39, 0.29) is 9.98 Å². The van der Waals surface area contributed by atoms with Crippen LogP contribution in [0.1, 0.15) is 6.92 Å². The van der Waals surface area contributed by atoms with Crippen molar-refractivity contribution in [2.24, 2.45) is 11.5 Å². The van der Waals surface area contributed by atoms with E-state index in [1.165, 1.54) is 0 Å². The molecule has 58 valence electrons. The molecule has 0 aliphatic carbocycles. The van der Waals surface area contributed by atoms with Crippen LogP contribution in [0.25, 0.3) is 0 Å². The third-order valence-corrected chi connectivity index (χ3v) is 1.28. The van der Waals surface area contributed by atoms with E-state index in [4.69, 9.17) is 16.2 Å². The van der Waals surface area contributed by atoms with Gasteiger partial charge < -0.3 is 16.2 Å². The molecule has 5 heteroatoms. The standard InChI is InChI=1S/C5H10N2OS2/c1-2-8-3(4(6)9)5(7)10/h3H,2H2,1H3,(H2,6,9)(H2,7,10). The van der Waals surface area contributed by atoms with E-state index in [2.05, 4.69) is 24.4 Å². The summed E-state index contributed by atoms with van der Waals surface area (Å²) in [5.74, 6) is 0. The fraction of sp³-hybridized carbons (Fsp3) is 0.600. The van der Waals surface area contributed by atoms with Gasteiger partial charge in [-0.2, -0.15) is 0 Å². The molecule has 4 N–H and O–H groups in total. The molecule has 0 radical (unpaired) electrons. The van der Waals surface area contributed by atoms with Crippen molar-refractivity contribution in [2.45, 2.75) is 13.0 Å². The fourth-order valence-electron chi connectivity index (χ4n) is 0.471. The molecule has 0 aliphatic rings. The topological polar surface area (TPSA) is 61.3 Å². The summed E-state index contributed by atoms with van der Waals surface area (Å²) in [5, 5.41) is 0. The van der Waals surface area contributed by atoms with Crippen molar-refractivity contribution in [3.63, 3.8) is 0 Å². The van der Waals surface area contributed by atoms with Gasteiger partial charge in [0.05, 0.1) is 0 Å². The second-order valence-corrected chi connectivity index (χ2v) is 2.58. The number of ether oxygens (including phenoxy) is 1. The van der Waals surface area contributed by atoms with Gasteiger partial charge in [0.1, 0.15) is 9.98 Å². The number of hydrogen-bond acceptors (Lipinski definition) is 3. The molecule has 0 saturated heterocycles. The van der Waals surface area contributed by atoms with Crippen molar-refractivity contribution < 1.29 is 4.74 Å². The quantitative estimate of drug-likeness (QED) is 0.592. The Kier molecular flexibility index (Phi) is 4.42. The normalized spacial score (nSPS) is 9.80. The molecule has 0 bridgehead atoms. The van der Waals surface area contributed by atoms with Crippen LogP contribution in [0.4, 0.5) is 0 Å². The van der Waals surface area contributed by atoms with E-state index < -0.39 is 6.10 Å². The molecule has 0 amide bonds. The lowest BCUT2D eigenvalue weighted by atomic mass is 10.3. The zero-order chi connectivity index (χ0) is 8.15. The highest BCUT2D eigenvalue weighted by atomic mass is 32.1. The molecule has 0 atom stereocenters. The van der Waals surface area contributed by atoms with Crippen molar-refractivity contribution in [1.82, 2.24) is 0 Å². The molecule has 0 aromatic rings. The lowest BCUT2D eigenvalue weighted by Gasteiger charge is -2.12. The molecule has 0 aromatic carbocycles. The van der Waals surface area contributed by atoms with Crippen LogP contribution in [0.3, 0.4) is 0 Å². The third-order valence-electron chi connectivity index (χ3n) is 0.850. The summed E-state index contributed by atoms with van der Waals surface area (Å²) in [5.41, 5.74) is 10.5. The minimum absolute atomic E-state index is 0.189. The zero-order valence-electron chi connectivity index (χ0n) is 5.66. The van der Waals surface area contributed by atoms with Crippen LogP contribution in [0.2, 0.25) is 0 Å². The summed E-state index contributed by atoms with van der Waals surface area (Å²) < 4.78 is 5.03. The molecule has 0 unspecified atom stereocenters. The maximum atomic E-state index is 5.26. The smallest absolute Gasteiger partial charge is 0.157 e. The molecular weight excluding hydrogens is 168 g/mol. The van der Waals surface area contributed by atoms with Crippen LogP contribution in [0, 0.1) is 0 Å². The van der Waals surface area contributed by atoms with Crippen LogP contribution in [-0.4, -0.2) is 22.7 Å². The minimum atomic E-state index is -0.546. The molecular formula is C5H10N2OS2. The van der Waals surface area contributed by atoms with E-state index in [0.717, 1.165) is 0 Å². The van der Waals surface area contributed by atoms with Gasteiger partial charge in [0.2, 0.25) is 0 Å². The van der Waals surface area contributed by atoms with Crippen molar-refractivity contribution in [1.29, 1.82) is 0 Å². The monoisotopic (exact) mass is 178 g/mol. The molecule has 0 fully saturated rings. The van der Waals surface area contributed by atoms with Crippen LogP contribution in [-0.2, 0) is 4.74 Å². The fourth-order valence-corrected chi connectivity index (χ4v) is 0.936. The highest BCUT2D eigenvalue weighted by Gasteiger charge is 2.13. The molecule has 0 saturated carbocycles. The Bertz CT molecular complexity index is 135. The first kappa shape index (κ1) is 9.74. The van der Waals surface area contributed by atoms with E-state index in [9.17, 15) is 0 Å². The van der Waals surface area contributed by atoms with Gasteiger partial charge in [-0.15, -0.1) is 0 Å². The zero-order valence-corrected chi connectivity index (χ0v) is 7.30.